The van der Waals surface area contributed by atoms with Gasteiger partial charge in [-0.3, -0.25) is 9.59 Å². The molecule has 0 unspecified atom stereocenters. The van der Waals surface area contributed by atoms with Crippen LogP contribution in [0.4, 0.5) is 0 Å². The fraction of sp³-hybridized carbons (Fsp3) is 0.500. The van der Waals surface area contributed by atoms with E-state index in [4.69, 9.17) is 10.4 Å². The van der Waals surface area contributed by atoms with Crippen LogP contribution in [0.3, 0.4) is 0 Å². The van der Waals surface area contributed by atoms with E-state index in [-0.39, 0.29) is 30.9 Å². The lowest BCUT2D eigenvalue weighted by Crippen LogP contribution is -2.47. The Morgan fingerprint density at radius 3 is 2.48 bits per heavy atom. The number of nitrogens with zero attached hydrogens (tertiary/aromatic N) is 1. The van der Waals surface area contributed by atoms with E-state index in [1.807, 2.05) is 32.0 Å². The van der Waals surface area contributed by atoms with E-state index >= 15 is 0 Å². The molecule has 0 fully saturated rings. The molecule has 1 aromatic rings. The number of nitriles is 1. The van der Waals surface area contributed by atoms with Crippen molar-refractivity contribution in [3.63, 3.8) is 0 Å². The summed E-state index contributed by atoms with van der Waals surface area (Å²) in [5, 5.41) is 25.6. The molecule has 0 radical (unpaired) electrons. The standard InChI is InChI=1S/C18H26N4O3/c1-13(2)11-16(18(25)21-8-7-19)22-17(24)15-5-3-14(4-6-15)12-20-9-10-23/h3-6,13,16,20,23H,8-12H2,1-2H3,(H,21,25)(H,22,24)/t16-/m0/s1. The number of hydrogen-bond acceptors (Lipinski definition) is 5. The van der Waals surface area contributed by atoms with Crippen molar-refractivity contribution in [3.8, 4) is 6.07 Å². The van der Waals surface area contributed by atoms with Crippen molar-refractivity contribution in [3.05, 3.63) is 35.4 Å². The number of carbonyl (C=O) groups is 2. The summed E-state index contributed by atoms with van der Waals surface area (Å²) in [6.07, 6.45) is 0.492. The highest BCUT2D eigenvalue weighted by Crippen LogP contribution is 2.08. The second kappa shape index (κ2) is 11.2. The van der Waals surface area contributed by atoms with E-state index in [2.05, 4.69) is 16.0 Å². The molecule has 0 aliphatic carbocycles. The lowest BCUT2D eigenvalue weighted by molar-refractivity contribution is -0.123. The van der Waals surface area contributed by atoms with Gasteiger partial charge in [-0.1, -0.05) is 26.0 Å². The van der Waals surface area contributed by atoms with Gasteiger partial charge in [-0.25, -0.2) is 0 Å². The highest BCUT2D eigenvalue weighted by molar-refractivity contribution is 5.97. The van der Waals surface area contributed by atoms with Crippen LogP contribution in [0.2, 0.25) is 0 Å². The second-order valence-corrected chi connectivity index (χ2v) is 6.13. The van der Waals surface area contributed by atoms with Gasteiger partial charge in [0.1, 0.15) is 12.6 Å². The predicted octanol–water partition coefficient (Wildman–Crippen LogP) is 0.553. The SMILES string of the molecule is CC(C)C[C@H](NC(=O)c1ccc(CNCCO)cc1)C(=O)NCC#N. The van der Waals surface area contributed by atoms with E-state index in [1.54, 1.807) is 12.1 Å². The number of aliphatic hydroxyl groups is 1. The number of hydrogen-bond donors (Lipinski definition) is 4. The molecule has 4 N–H and O–H groups in total. The zero-order valence-electron chi connectivity index (χ0n) is 14.7. The predicted molar refractivity (Wildman–Crippen MR) is 94.6 cm³/mol. The molecule has 25 heavy (non-hydrogen) atoms. The third-order valence-corrected chi connectivity index (χ3v) is 3.50. The molecular weight excluding hydrogens is 320 g/mol. The van der Waals surface area contributed by atoms with Crippen LogP contribution in [-0.2, 0) is 11.3 Å². The number of amides is 2. The average molecular weight is 346 g/mol. The summed E-state index contributed by atoms with van der Waals surface area (Å²) >= 11 is 0. The largest absolute Gasteiger partial charge is 0.395 e. The Bertz CT molecular complexity index is 593. The van der Waals surface area contributed by atoms with Crippen LogP contribution >= 0.6 is 0 Å². The summed E-state index contributed by atoms with van der Waals surface area (Å²) in [7, 11) is 0. The van der Waals surface area contributed by atoms with Crippen molar-refractivity contribution in [2.75, 3.05) is 19.7 Å². The third kappa shape index (κ3) is 7.79. The first-order valence-corrected chi connectivity index (χ1v) is 8.34. The summed E-state index contributed by atoms with van der Waals surface area (Å²) < 4.78 is 0. The van der Waals surface area contributed by atoms with Gasteiger partial charge in [0.15, 0.2) is 0 Å². The van der Waals surface area contributed by atoms with Crippen LogP contribution in [0.5, 0.6) is 0 Å². The molecule has 0 aliphatic rings. The third-order valence-electron chi connectivity index (χ3n) is 3.50. The maximum absolute atomic E-state index is 12.4. The molecule has 0 aliphatic heterocycles. The molecule has 136 valence electrons. The Morgan fingerprint density at radius 1 is 1.24 bits per heavy atom. The van der Waals surface area contributed by atoms with Gasteiger partial charge in [0, 0.05) is 18.7 Å². The van der Waals surface area contributed by atoms with E-state index < -0.39 is 6.04 Å². The van der Waals surface area contributed by atoms with Crippen molar-refractivity contribution in [2.24, 2.45) is 5.92 Å². The zero-order chi connectivity index (χ0) is 18.7. The molecule has 0 spiro atoms. The molecule has 2 amide bonds. The van der Waals surface area contributed by atoms with E-state index in [0.29, 0.717) is 25.1 Å². The molecule has 1 rings (SSSR count). The molecule has 0 aromatic heterocycles. The first kappa shape index (κ1) is 20.6. The van der Waals surface area contributed by atoms with Crippen LogP contribution in [0, 0.1) is 17.2 Å². The van der Waals surface area contributed by atoms with Crippen LogP contribution in [-0.4, -0.2) is 42.7 Å². The van der Waals surface area contributed by atoms with Crippen molar-refractivity contribution in [1.82, 2.24) is 16.0 Å². The monoisotopic (exact) mass is 346 g/mol. The normalized spacial score (nSPS) is 11.6. The zero-order valence-corrected chi connectivity index (χ0v) is 14.7. The topological polar surface area (TPSA) is 114 Å². The maximum Gasteiger partial charge on any atom is 0.251 e. The molecule has 0 heterocycles. The molecule has 1 atom stereocenters. The Balaban J connectivity index is 2.69. The van der Waals surface area contributed by atoms with Crippen LogP contribution in [0.15, 0.2) is 24.3 Å². The average Bonchev–Trinajstić information content (AvgIpc) is 2.59. The number of carbonyl (C=O) groups excluding carboxylic acids is 2. The Kier molecular flexibility index (Phi) is 9.22. The molecule has 1 aromatic carbocycles. The molecular formula is C18H26N4O3. The molecule has 0 saturated heterocycles. The molecule has 7 nitrogen and oxygen atoms in total. The van der Waals surface area contributed by atoms with Gasteiger partial charge < -0.3 is 21.1 Å². The second-order valence-electron chi connectivity index (χ2n) is 6.13. The Labute approximate surface area is 148 Å². The van der Waals surface area contributed by atoms with Crippen LogP contribution in [0.25, 0.3) is 0 Å². The minimum Gasteiger partial charge on any atom is -0.395 e. The van der Waals surface area contributed by atoms with Crippen molar-refractivity contribution < 1.29 is 14.7 Å². The van der Waals surface area contributed by atoms with Gasteiger partial charge in [0.05, 0.1) is 12.7 Å². The lowest BCUT2D eigenvalue weighted by Gasteiger charge is -2.19. The minimum atomic E-state index is -0.674. The smallest absolute Gasteiger partial charge is 0.251 e. The van der Waals surface area contributed by atoms with Crippen molar-refractivity contribution in [1.29, 1.82) is 5.26 Å². The van der Waals surface area contributed by atoms with Crippen molar-refractivity contribution >= 4 is 11.8 Å². The highest BCUT2D eigenvalue weighted by atomic mass is 16.3. The van der Waals surface area contributed by atoms with Gasteiger partial charge in [-0.05, 0) is 30.0 Å². The summed E-state index contributed by atoms with van der Waals surface area (Å²) in [6.45, 7) is 5.03. The first-order valence-electron chi connectivity index (χ1n) is 8.34. The quantitative estimate of drug-likeness (QED) is 0.365. The van der Waals surface area contributed by atoms with E-state index in [0.717, 1.165) is 5.56 Å². The summed E-state index contributed by atoms with van der Waals surface area (Å²) in [5.74, 6) is -0.459. The van der Waals surface area contributed by atoms with E-state index in [1.165, 1.54) is 0 Å². The van der Waals surface area contributed by atoms with Gasteiger partial charge in [0.25, 0.3) is 5.91 Å². The number of nitrogens with one attached hydrogen (secondary N) is 3. The van der Waals surface area contributed by atoms with Gasteiger partial charge in [-0.2, -0.15) is 5.26 Å². The Hall–Kier alpha value is -2.43. The maximum atomic E-state index is 12.4. The van der Waals surface area contributed by atoms with Crippen LogP contribution in [0.1, 0.15) is 36.2 Å². The Morgan fingerprint density at radius 2 is 1.92 bits per heavy atom. The lowest BCUT2D eigenvalue weighted by atomic mass is 10.0. The van der Waals surface area contributed by atoms with Gasteiger partial charge in [-0.15, -0.1) is 0 Å². The van der Waals surface area contributed by atoms with Crippen molar-refractivity contribution in [2.45, 2.75) is 32.9 Å². The fourth-order valence-corrected chi connectivity index (χ4v) is 2.28. The van der Waals surface area contributed by atoms with Crippen LogP contribution < -0.4 is 16.0 Å². The summed E-state index contributed by atoms with van der Waals surface area (Å²) in [6, 6.07) is 8.23. The first-order chi connectivity index (χ1) is 12.0. The molecule has 0 saturated carbocycles. The fourth-order valence-electron chi connectivity index (χ4n) is 2.28. The van der Waals surface area contributed by atoms with Gasteiger partial charge in [0.2, 0.25) is 5.91 Å². The number of benzene rings is 1. The molecule has 7 heteroatoms. The van der Waals surface area contributed by atoms with Gasteiger partial charge >= 0.3 is 0 Å². The highest BCUT2D eigenvalue weighted by Gasteiger charge is 2.22. The van der Waals surface area contributed by atoms with E-state index in [9.17, 15) is 9.59 Å². The molecule has 0 bridgehead atoms. The summed E-state index contributed by atoms with van der Waals surface area (Å²) in [5.41, 5.74) is 1.46. The number of rotatable bonds is 10. The summed E-state index contributed by atoms with van der Waals surface area (Å²) in [4.78, 5) is 24.5. The number of aliphatic hydroxyl groups excluding tert-OH is 1. The minimum absolute atomic E-state index is 0.0750.